The predicted molar refractivity (Wildman–Crippen MR) is 57.4 cm³/mol. The standard InChI is InChI=1S/C11H22N2O/c1-2-11(14)9-13(10-11)8-7-12-5-3-4-6-12/h14H,2-10H2,1H3. The Labute approximate surface area is 86.7 Å². The van der Waals surface area contributed by atoms with Crippen LogP contribution in [0, 0.1) is 0 Å². The van der Waals surface area contributed by atoms with Gasteiger partial charge >= 0.3 is 0 Å². The summed E-state index contributed by atoms with van der Waals surface area (Å²) in [6, 6.07) is 0. The van der Waals surface area contributed by atoms with Gasteiger partial charge in [-0.1, -0.05) is 6.92 Å². The Balaban J connectivity index is 1.60. The first-order valence-corrected chi connectivity index (χ1v) is 5.89. The van der Waals surface area contributed by atoms with Crippen LogP contribution in [0.25, 0.3) is 0 Å². The minimum absolute atomic E-state index is 0.356. The fourth-order valence-electron chi connectivity index (χ4n) is 2.46. The van der Waals surface area contributed by atoms with E-state index in [9.17, 15) is 5.11 Å². The molecule has 2 rings (SSSR count). The molecule has 0 atom stereocenters. The summed E-state index contributed by atoms with van der Waals surface area (Å²) in [5.74, 6) is 0. The third-order valence-electron chi connectivity index (χ3n) is 3.63. The largest absolute Gasteiger partial charge is 0.387 e. The smallest absolute Gasteiger partial charge is 0.0897 e. The number of hydrogen-bond acceptors (Lipinski definition) is 3. The topological polar surface area (TPSA) is 26.7 Å². The Morgan fingerprint density at radius 1 is 1.07 bits per heavy atom. The summed E-state index contributed by atoms with van der Waals surface area (Å²) in [6.07, 6.45) is 3.64. The lowest BCUT2D eigenvalue weighted by molar-refractivity contribution is -0.100. The minimum atomic E-state index is -0.356. The summed E-state index contributed by atoms with van der Waals surface area (Å²) in [5.41, 5.74) is -0.356. The number of rotatable bonds is 4. The van der Waals surface area contributed by atoms with Gasteiger partial charge in [0.2, 0.25) is 0 Å². The molecule has 0 amide bonds. The molecule has 2 fully saturated rings. The van der Waals surface area contributed by atoms with Crippen LogP contribution in [0.15, 0.2) is 0 Å². The average Bonchev–Trinajstić information content (AvgIpc) is 2.63. The molecule has 0 radical (unpaired) electrons. The highest BCUT2D eigenvalue weighted by molar-refractivity contribution is 4.94. The molecule has 0 unspecified atom stereocenters. The summed E-state index contributed by atoms with van der Waals surface area (Å²) in [4.78, 5) is 4.89. The lowest BCUT2D eigenvalue weighted by atomic mass is 9.91. The molecule has 0 saturated carbocycles. The Morgan fingerprint density at radius 2 is 1.64 bits per heavy atom. The Kier molecular flexibility index (Phi) is 3.10. The van der Waals surface area contributed by atoms with Gasteiger partial charge in [-0.3, -0.25) is 4.90 Å². The summed E-state index contributed by atoms with van der Waals surface area (Å²) in [6.45, 7) is 8.74. The second-order valence-electron chi connectivity index (χ2n) is 4.84. The summed E-state index contributed by atoms with van der Waals surface area (Å²) in [5, 5.41) is 9.83. The molecule has 2 saturated heterocycles. The van der Waals surface area contributed by atoms with E-state index in [-0.39, 0.29) is 5.60 Å². The van der Waals surface area contributed by atoms with Crippen molar-refractivity contribution in [1.29, 1.82) is 0 Å². The average molecular weight is 198 g/mol. The molecule has 0 spiro atoms. The van der Waals surface area contributed by atoms with E-state index in [2.05, 4.69) is 16.7 Å². The summed E-state index contributed by atoms with van der Waals surface area (Å²) < 4.78 is 0. The molecular formula is C11H22N2O. The maximum atomic E-state index is 9.83. The van der Waals surface area contributed by atoms with E-state index in [1.807, 2.05) is 0 Å². The summed E-state index contributed by atoms with van der Waals surface area (Å²) in [7, 11) is 0. The number of likely N-dealkylation sites (tertiary alicyclic amines) is 2. The van der Waals surface area contributed by atoms with Crippen LogP contribution in [0.5, 0.6) is 0 Å². The highest BCUT2D eigenvalue weighted by Gasteiger charge is 2.38. The van der Waals surface area contributed by atoms with Crippen LogP contribution >= 0.6 is 0 Å². The molecule has 0 aromatic carbocycles. The van der Waals surface area contributed by atoms with E-state index >= 15 is 0 Å². The van der Waals surface area contributed by atoms with Gasteiger partial charge in [-0.2, -0.15) is 0 Å². The molecule has 2 aliphatic heterocycles. The minimum Gasteiger partial charge on any atom is -0.387 e. The summed E-state index contributed by atoms with van der Waals surface area (Å²) >= 11 is 0. The van der Waals surface area contributed by atoms with Crippen LogP contribution in [-0.4, -0.2) is 59.8 Å². The fraction of sp³-hybridized carbons (Fsp3) is 1.00. The number of β-amino-alcohol motifs (C(OH)–C–C–N with tert-alkyl or cyclic N) is 1. The van der Waals surface area contributed by atoms with Crippen LogP contribution in [-0.2, 0) is 0 Å². The normalized spacial score (nSPS) is 27.9. The van der Waals surface area contributed by atoms with Gasteiger partial charge in [0.05, 0.1) is 5.60 Å². The van der Waals surface area contributed by atoms with Gasteiger partial charge in [0.15, 0.2) is 0 Å². The first-order valence-electron chi connectivity index (χ1n) is 5.89. The highest BCUT2D eigenvalue weighted by Crippen LogP contribution is 2.23. The van der Waals surface area contributed by atoms with Crippen molar-refractivity contribution in [1.82, 2.24) is 9.80 Å². The van der Waals surface area contributed by atoms with Gasteiger partial charge < -0.3 is 10.0 Å². The van der Waals surface area contributed by atoms with E-state index in [4.69, 9.17) is 0 Å². The zero-order valence-electron chi connectivity index (χ0n) is 9.21. The van der Waals surface area contributed by atoms with Crippen LogP contribution in [0.3, 0.4) is 0 Å². The molecule has 0 aliphatic carbocycles. The van der Waals surface area contributed by atoms with Crippen molar-refractivity contribution >= 4 is 0 Å². The quantitative estimate of drug-likeness (QED) is 0.714. The van der Waals surface area contributed by atoms with Gasteiger partial charge in [0.1, 0.15) is 0 Å². The molecule has 2 heterocycles. The Bertz CT molecular complexity index is 184. The first kappa shape index (κ1) is 10.4. The molecule has 0 aromatic heterocycles. The molecule has 0 aromatic rings. The van der Waals surface area contributed by atoms with Crippen molar-refractivity contribution in [3.63, 3.8) is 0 Å². The van der Waals surface area contributed by atoms with E-state index in [0.29, 0.717) is 0 Å². The third kappa shape index (κ3) is 2.27. The molecule has 2 aliphatic rings. The predicted octanol–water partition coefficient (Wildman–Crippen LogP) is 0.539. The van der Waals surface area contributed by atoms with E-state index in [0.717, 1.165) is 26.1 Å². The molecular weight excluding hydrogens is 176 g/mol. The van der Waals surface area contributed by atoms with Gasteiger partial charge in [0, 0.05) is 26.2 Å². The lowest BCUT2D eigenvalue weighted by Crippen LogP contribution is -2.62. The maximum Gasteiger partial charge on any atom is 0.0897 e. The SMILES string of the molecule is CCC1(O)CN(CCN2CCCC2)C1. The zero-order valence-corrected chi connectivity index (χ0v) is 9.21. The van der Waals surface area contributed by atoms with Crippen LogP contribution < -0.4 is 0 Å². The maximum absolute atomic E-state index is 9.83. The van der Waals surface area contributed by atoms with Crippen molar-refractivity contribution in [2.45, 2.75) is 31.8 Å². The molecule has 14 heavy (non-hydrogen) atoms. The fourth-order valence-corrected chi connectivity index (χ4v) is 2.46. The molecule has 3 heteroatoms. The second kappa shape index (κ2) is 4.17. The zero-order chi connectivity index (χ0) is 10.0. The van der Waals surface area contributed by atoms with E-state index in [1.165, 1.54) is 32.5 Å². The van der Waals surface area contributed by atoms with Crippen molar-refractivity contribution < 1.29 is 5.11 Å². The third-order valence-corrected chi connectivity index (χ3v) is 3.63. The molecule has 3 nitrogen and oxygen atoms in total. The Hall–Kier alpha value is -0.120. The molecule has 82 valence electrons. The lowest BCUT2D eigenvalue weighted by Gasteiger charge is -2.46. The highest BCUT2D eigenvalue weighted by atomic mass is 16.3. The van der Waals surface area contributed by atoms with Crippen LogP contribution in [0.4, 0.5) is 0 Å². The van der Waals surface area contributed by atoms with Crippen LogP contribution in [0.2, 0.25) is 0 Å². The van der Waals surface area contributed by atoms with Gasteiger partial charge in [-0.25, -0.2) is 0 Å². The number of nitrogens with zero attached hydrogens (tertiary/aromatic N) is 2. The van der Waals surface area contributed by atoms with Gasteiger partial charge in [0.25, 0.3) is 0 Å². The molecule has 0 bridgehead atoms. The van der Waals surface area contributed by atoms with E-state index in [1.54, 1.807) is 0 Å². The van der Waals surface area contributed by atoms with Crippen LogP contribution in [0.1, 0.15) is 26.2 Å². The van der Waals surface area contributed by atoms with Crippen molar-refractivity contribution in [3.8, 4) is 0 Å². The number of aliphatic hydroxyl groups is 1. The first-order chi connectivity index (χ1) is 6.72. The molecule has 1 N–H and O–H groups in total. The van der Waals surface area contributed by atoms with Crippen molar-refractivity contribution in [2.24, 2.45) is 0 Å². The van der Waals surface area contributed by atoms with Gasteiger partial charge in [-0.05, 0) is 32.4 Å². The van der Waals surface area contributed by atoms with Crippen molar-refractivity contribution in [2.75, 3.05) is 39.3 Å². The monoisotopic (exact) mass is 198 g/mol. The second-order valence-corrected chi connectivity index (χ2v) is 4.84. The van der Waals surface area contributed by atoms with E-state index < -0.39 is 0 Å². The van der Waals surface area contributed by atoms with Crippen molar-refractivity contribution in [3.05, 3.63) is 0 Å². The Morgan fingerprint density at radius 3 is 2.21 bits per heavy atom. The van der Waals surface area contributed by atoms with Gasteiger partial charge in [-0.15, -0.1) is 0 Å². The number of hydrogen-bond donors (Lipinski definition) is 1.